The quantitative estimate of drug-likeness (QED) is 0.776. The summed E-state index contributed by atoms with van der Waals surface area (Å²) in [6.07, 6.45) is -0.553. The Bertz CT molecular complexity index is 547. The van der Waals surface area contributed by atoms with Crippen molar-refractivity contribution < 1.29 is 9.90 Å². The number of nitrogens with one attached hydrogen (secondary N) is 2. The molecule has 2 rings (SSSR count). The van der Waals surface area contributed by atoms with Crippen LogP contribution in [0.2, 0.25) is 0 Å². The third-order valence-corrected chi connectivity index (χ3v) is 2.60. The van der Waals surface area contributed by atoms with Crippen LogP contribution in [-0.4, -0.2) is 23.8 Å². The molecule has 18 heavy (non-hydrogen) atoms. The van der Waals surface area contributed by atoms with E-state index in [4.69, 9.17) is 5.11 Å². The van der Waals surface area contributed by atoms with Crippen LogP contribution in [-0.2, 0) is 0 Å². The number of hydrogen-bond acceptors (Lipinski definition) is 2. The summed E-state index contributed by atoms with van der Waals surface area (Å²) in [5.74, 6) is 0. The molecule has 0 heterocycles. The summed E-state index contributed by atoms with van der Waals surface area (Å²) in [6, 6.07) is 13.3. The van der Waals surface area contributed by atoms with Crippen LogP contribution in [0, 0.1) is 0 Å². The van der Waals surface area contributed by atoms with E-state index in [1.54, 1.807) is 6.92 Å². The number of rotatable bonds is 3. The first-order chi connectivity index (χ1) is 8.66. The Kier molecular flexibility index (Phi) is 3.79. The van der Waals surface area contributed by atoms with Gasteiger partial charge in [0.2, 0.25) is 0 Å². The van der Waals surface area contributed by atoms with Crippen molar-refractivity contribution in [2.75, 3.05) is 11.9 Å². The number of aliphatic hydroxyl groups is 1. The molecule has 4 nitrogen and oxygen atoms in total. The van der Waals surface area contributed by atoms with Crippen LogP contribution in [0.3, 0.4) is 0 Å². The van der Waals surface area contributed by atoms with Crippen LogP contribution >= 0.6 is 0 Å². The van der Waals surface area contributed by atoms with Gasteiger partial charge in [0.1, 0.15) is 0 Å². The van der Waals surface area contributed by atoms with Gasteiger partial charge in [-0.15, -0.1) is 0 Å². The summed E-state index contributed by atoms with van der Waals surface area (Å²) in [4.78, 5) is 11.6. The van der Waals surface area contributed by atoms with Gasteiger partial charge < -0.3 is 15.7 Å². The van der Waals surface area contributed by atoms with Crippen LogP contribution in [0.15, 0.2) is 42.5 Å². The molecule has 0 bridgehead atoms. The number of carbonyl (C=O) groups excluding carboxylic acids is 1. The summed E-state index contributed by atoms with van der Waals surface area (Å²) in [7, 11) is 0. The predicted molar refractivity (Wildman–Crippen MR) is 72.7 cm³/mol. The minimum Gasteiger partial charge on any atom is -0.392 e. The molecule has 0 unspecified atom stereocenters. The van der Waals surface area contributed by atoms with Gasteiger partial charge in [-0.25, -0.2) is 4.79 Å². The van der Waals surface area contributed by atoms with E-state index in [2.05, 4.69) is 10.6 Å². The Morgan fingerprint density at radius 1 is 1.22 bits per heavy atom. The maximum Gasteiger partial charge on any atom is 0.319 e. The lowest BCUT2D eigenvalue weighted by Gasteiger charge is -2.11. The minimum atomic E-state index is -0.553. The topological polar surface area (TPSA) is 61.4 Å². The highest BCUT2D eigenvalue weighted by atomic mass is 16.3. The summed E-state index contributed by atoms with van der Waals surface area (Å²) in [6.45, 7) is 1.86. The molecular formula is C14H16N2O2. The molecule has 2 aromatic rings. The normalized spacial score (nSPS) is 12.1. The second-order valence-electron chi connectivity index (χ2n) is 4.21. The standard InChI is InChI=1S/C14H16N2O2/c1-10(17)9-15-14(18)16-13-8-4-6-11-5-2-3-7-12(11)13/h2-8,10,17H,9H2,1H3,(H2,15,16,18)/t10-/m1/s1. The number of hydrogen-bond donors (Lipinski definition) is 3. The van der Waals surface area contributed by atoms with Gasteiger partial charge in [0, 0.05) is 11.9 Å². The van der Waals surface area contributed by atoms with Gasteiger partial charge in [0.05, 0.1) is 11.8 Å². The molecule has 0 saturated heterocycles. The van der Waals surface area contributed by atoms with Gasteiger partial charge in [-0.05, 0) is 18.4 Å². The fourth-order valence-corrected chi connectivity index (χ4v) is 1.74. The summed E-state index contributed by atoms with van der Waals surface area (Å²) in [5, 5.41) is 16.5. The lowest BCUT2D eigenvalue weighted by Crippen LogP contribution is -2.34. The lowest BCUT2D eigenvalue weighted by atomic mass is 10.1. The van der Waals surface area contributed by atoms with Crippen molar-refractivity contribution in [1.82, 2.24) is 5.32 Å². The number of benzene rings is 2. The molecule has 0 radical (unpaired) electrons. The first-order valence-electron chi connectivity index (χ1n) is 5.87. The third-order valence-electron chi connectivity index (χ3n) is 2.60. The van der Waals surface area contributed by atoms with Crippen LogP contribution in [0.4, 0.5) is 10.5 Å². The molecule has 1 atom stereocenters. The van der Waals surface area contributed by atoms with E-state index in [0.29, 0.717) is 0 Å². The largest absolute Gasteiger partial charge is 0.392 e. The zero-order chi connectivity index (χ0) is 13.0. The molecule has 2 amide bonds. The van der Waals surface area contributed by atoms with Gasteiger partial charge in [-0.3, -0.25) is 0 Å². The van der Waals surface area contributed by atoms with Gasteiger partial charge in [-0.1, -0.05) is 36.4 Å². The van der Waals surface area contributed by atoms with E-state index < -0.39 is 6.10 Å². The van der Waals surface area contributed by atoms with Crippen molar-refractivity contribution in [2.45, 2.75) is 13.0 Å². The molecule has 0 saturated carbocycles. The van der Waals surface area contributed by atoms with Crippen LogP contribution < -0.4 is 10.6 Å². The number of fused-ring (bicyclic) bond motifs is 1. The summed E-state index contributed by atoms with van der Waals surface area (Å²) in [5.41, 5.74) is 0.760. The Morgan fingerprint density at radius 2 is 1.94 bits per heavy atom. The fourth-order valence-electron chi connectivity index (χ4n) is 1.74. The maximum atomic E-state index is 11.6. The average Bonchev–Trinajstić information content (AvgIpc) is 2.37. The number of urea groups is 1. The molecule has 3 N–H and O–H groups in total. The second-order valence-corrected chi connectivity index (χ2v) is 4.21. The molecule has 0 fully saturated rings. The molecule has 4 heteroatoms. The van der Waals surface area contributed by atoms with Crippen molar-refractivity contribution in [3.05, 3.63) is 42.5 Å². The van der Waals surface area contributed by atoms with Gasteiger partial charge in [-0.2, -0.15) is 0 Å². The second kappa shape index (κ2) is 5.51. The maximum absolute atomic E-state index is 11.6. The van der Waals surface area contributed by atoms with Gasteiger partial charge in [0.25, 0.3) is 0 Å². The molecule has 0 aliphatic heterocycles. The number of anilines is 1. The zero-order valence-electron chi connectivity index (χ0n) is 10.2. The van der Waals surface area contributed by atoms with Crippen molar-refractivity contribution >= 4 is 22.5 Å². The summed E-state index contributed by atoms with van der Waals surface area (Å²) >= 11 is 0. The van der Waals surface area contributed by atoms with Crippen LogP contribution in [0.25, 0.3) is 10.8 Å². The molecule has 0 aliphatic rings. The number of carbonyl (C=O) groups is 1. The van der Waals surface area contributed by atoms with Crippen molar-refractivity contribution in [3.63, 3.8) is 0 Å². The minimum absolute atomic E-state index is 0.233. The summed E-state index contributed by atoms with van der Waals surface area (Å²) < 4.78 is 0. The highest BCUT2D eigenvalue weighted by Crippen LogP contribution is 2.22. The molecule has 0 spiro atoms. The van der Waals surface area contributed by atoms with E-state index >= 15 is 0 Å². The average molecular weight is 244 g/mol. The first kappa shape index (κ1) is 12.4. The molecule has 0 aliphatic carbocycles. The Balaban J connectivity index is 2.14. The van der Waals surface area contributed by atoms with Gasteiger partial charge in [0.15, 0.2) is 0 Å². The lowest BCUT2D eigenvalue weighted by molar-refractivity contribution is 0.190. The third kappa shape index (κ3) is 2.99. The van der Waals surface area contributed by atoms with E-state index in [0.717, 1.165) is 16.5 Å². The highest BCUT2D eigenvalue weighted by Gasteiger charge is 2.05. The highest BCUT2D eigenvalue weighted by molar-refractivity contribution is 6.01. The SMILES string of the molecule is C[C@@H](O)CNC(=O)Nc1cccc2ccccc12. The zero-order valence-corrected chi connectivity index (χ0v) is 10.2. The Morgan fingerprint density at radius 3 is 2.72 bits per heavy atom. The van der Waals surface area contributed by atoms with E-state index in [9.17, 15) is 4.79 Å². The predicted octanol–water partition coefficient (Wildman–Crippen LogP) is 2.34. The smallest absolute Gasteiger partial charge is 0.319 e. The van der Waals surface area contributed by atoms with Crippen molar-refractivity contribution in [2.24, 2.45) is 0 Å². The van der Waals surface area contributed by atoms with Crippen molar-refractivity contribution in [3.8, 4) is 0 Å². The first-order valence-corrected chi connectivity index (χ1v) is 5.87. The fraction of sp³-hybridized carbons (Fsp3) is 0.214. The number of amides is 2. The van der Waals surface area contributed by atoms with E-state index in [1.165, 1.54) is 0 Å². The van der Waals surface area contributed by atoms with Crippen LogP contribution in [0.5, 0.6) is 0 Å². The van der Waals surface area contributed by atoms with E-state index in [-0.39, 0.29) is 12.6 Å². The monoisotopic (exact) mass is 244 g/mol. The molecule has 94 valence electrons. The van der Waals surface area contributed by atoms with Crippen LogP contribution in [0.1, 0.15) is 6.92 Å². The molecule has 0 aromatic heterocycles. The van der Waals surface area contributed by atoms with Crippen molar-refractivity contribution in [1.29, 1.82) is 0 Å². The van der Waals surface area contributed by atoms with Gasteiger partial charge >= 0.3 is 6.03 Å². The Labute approximate surface area is 106 Å². The molecule has 2 aromatic carbocycles. The Hall–Kier alpha value is -2.07. The number of aliphatic hydroxyl groups excluding tert-OH is 1. The van der Waals surface area contributed by atoms with E-state index in [1.807, 2.05) is 42.5 Å². The molecular weight excluding hydrogens is 228 g/mol.